The summed E-state index contributed by atoms with van der Waals surface area (Å²) in [6.45, 7) is 6.38. The van der Waals surface area contributed by atoms with Crippen molar-refractivity contribution in [1.82, 2.24) is 0 Å². The lowest BCUT2D eigenvalue weighted by Crippen LogP contribution is -2.05. The van der Waals surface area contributed by atoms with E-state index in [0.717, 1.165) is 25.0 Å². The standard InChI is InChI=1S/C18H23NO2/c1-11(2)13-4-6-14(7-5-13)17-10-16(17)12(3)19-21-18(20)15-8-9-15/h4-7,11,15-17H,8-10H2,1-3H3. The maximum atomic E-state index is 11.5. The maximum absolute atomic E-state index is 11.5. The Morgan fingerprint density at radius 2 is 1.90 bits per heavy atom. The average Bonchev–Trinajstić information content (AvgIpc) is 3.37. The molecule has 3 nitrogen and oxygen atoms in total. The van der Waals surface area contributed by atoms with E-state index in [4.69, 9.17) is 4.84 Å². The minimum Gasteiger partial charge on any atom is -0.318 e. The first kappa shape index (κ1) is 14.3. The molecule has 0 bridgehead atoms. The van der Waals surface area contributed by atoms with Crippen LogP contribution in [0.3, 0.4) is 0 Å². The van der Waals surface area contributed by atoms with E-state index >= 15 is 0 Å². The predicted octanol–water partition coefficient (Wildman–Crippen LogP) is 4.24. The van der Waals surface area contributed by atoms with E-state index in [0.29, 0.717) is 17.8 Å². The van der Waals surface area contributed by atoms with E-state index in [1.807, 2.05) is 6.92 Å². The third kappa shape index (κ3) is 3.34. The molecule has 0 spiro atoms. The van der Waals surface area contributed by atoms with E-state index in [1.165, 1.54) is 11.1 Å². The fraction of sp³-hybridized carbons (Fsp3) is 0.556. The fourth-order valence-electron chi connectivity index (χ4n) is 2.73. The van der Waals surface area contributed by atoms with Crippen LogP contribution in [-0.2, 0) is 9.63 Å². The maximum Gasteiger partial charge on any atom is 0.338 e. The number of carbonyl (C=O) groups excluding carboxylic acids is 1. The summed E-state index contributed by atoms with van der Waals surface area (Å²) < 4.78 is 0. The van der Waals surface area contributed by atoms with Crippen LogP contribution in [0.25, 0.3) is 0 Å². The molecule has 0 aromatic heterocycles. The van der Waals surface area contributed by atoms with Gasteiger partial charge in [-0.05, 0) is 49.1 Å². The van der Waals surface area contributed by atoms with Crippen LogP contribution in [0.5, 0.6) is 0 Å². The fourth-order valence-corrected chi connectivity index (χ4v) is 2.73. The first-order chi connectivity index (χ1) is 10.1. The minimum atomic E-state index is -0.159. The summed E-state index contributed by atoms with van der Waals surface area (Å²) in [5.41, 5.74) is 3.69. The first-order valence-corrected chi connectivity index (χ1v) is 7.91. The van der Waals surface area contributed by atoms with Crippen molar-refractivity contribution < 1.29 is 9.63 Å². The Hall–Kier alpha value is -1.64. The Morgan fingerprint density at radius 3 is 2.48 bits per heavy atom. The molecule has 0 aliphatic heterocycles. The molecule has 0 saturated heterocycles. The number of carbonyl (C=O) groups is 1. The monoisotopic (exact) mass is 285 g/mol. The molecule has 2 unspecified atom stereocenters. The van der Waals surface area contributed by atoms with Crippen molar-refractivity contribution in [3.8, 4) is 0 Å². The number of benzene rings is 1. The van der Waals surface area contributed by atoms with Gasteiger partial charge in [-0.3, -0.25) is 0 Å². The quantitative estimate of drug-likeness (QED) is 0.461. The van der Waals surface area contributed by atoms with Gasteiger partial charge in [0, 0.05) is 5.92 Å². The van der Waals surface area contributed by atoms with E-state index in [9.17, 15) is 4.79 Å². The molecule has 2 atom stereocenters. The lowest BCUT2D eigenvalue weighted by atomic mass is 9.99. The largest absolute Gasteiger partial charge is 0.338 e. The molecule has 3 heteroatoms. The second-order valence-electron chi connectivity index (χ2n) is 6.69. The normalized spacial score (nSPS) is 25.0. The number of hydrogen-bond acceptors (Lipinski definition) is 3. The highest BCUT2D eigenvalue weighted by atomic mass is 16.7. The summed E-state index contributed by atoms with van der Waals surface area (Å²) in [6.07, 6.45) is 3.03. The van der Waals surface area contributed by atoms with Crippen LogP contribution < -0.4 is 0 Å². The van der Waals surface area contributed by atoms with Gasteiger partial charge < -0.3 is 4.84 Å². The molecule has 112 valence electrons. The minimum absolute atomic E-state index is 0.111. The van der Waals surface area contributed by atoms with Crippen molar-refractivity contribution in [3.05, 3.63) is 35.4 Å². The van der Waals surface area contributed by atoms with E-state index in [-0.39, 0.29) is 11.9 Å². The molecule has 2 saturated carbocycles. The van der Waals surface area contributed by atoms with E-state index < -0.39 is 0 Å². The Morgan fingerprint density at radius 1 is 1.24 bits per heavy atom. The molecule has 2 fully saturated rings. The van der Waals surface area contributed by atoms with Gasteiger partial charge >= 0.3 is 5.97 Å². The van der Waals surface area contributed by atoms with Crippen LogP contribution >= 0.6 is 0 Å². The van der Waals surface area contributed by atoms with Gasteiger partial charge in [0.15, 0.2) is 0 Å². The molecule has 0 amide bonds. The number of oxime groups is 1. The lowest BCUT2D eigenvalue weighted by Gasteiger charge is -2.06. The SMILES string of the molecule is CC(=NOC(=O)C1CC1)C1CC1c1ccc(C(C)C)cc1. The van der Waals surface area contributed by atoms with Gasteiger partial charge in [-0.1, -0.05) is 43.3 Å². The highest BCUT2D eigenvalue weighted by Crippen LogP contribution is 2.48. The van der Waals surface area contributed by atoms with Crippen molar-refractivity contribution in [2.75, 3.05) is 0 Å². The van der Waals surface area contributed by atoms with Crippen LogP contribution in [0.15, 0.2) is 29.4 Å². The second-order valence-corrected chi connectivity index (χ2v) is 6.69. The first-order valence-electron chi connectivity index (χ1n) is 7.91. The molecule has 0 heterocycles. The Balaban J connectivity index is 1.57. The molecule has 1 aromatic carbocycles. The summed E-state index contributed by atoms with van der Waals surface area (Å²) in [7, 11) is 0. The Kier molecular flexibility index (Phi) is 3.83. The van der Waals surface area contributed by atoms with Crippen molar-refractivity contribution in [2.24, 2.45) is 17.0 Å². The van der Waals surface area contributed by atoms with Crippen LogP contribution in [0.2, 0.25) is 0 Å². The zero-order valence-electron chi connectivity index (χ0n) is 13.0. The molecule has 1 aromatic rings. The van der Waals surface area contributed by atoms with Crippen LogP contribution in [0.1, 0.15) is 63.0 Å². The highest BCUT2D eigenvalue weighted by molar-refractivity contribution is 5.88. The van der Waals surface area contributed by atoms with Gasteiger partial charge in [0.05, 0.1) is 11.6 Å². The topological polar surface area (TPSA) is 38.7 Å². The summed E-state index contributed by atoms with van der Waals surface area (Å²) in [4.78, 5) is 16.5. The third-order valence-electron chi connectivity index (χ3n) is 4.55. The lowest BCUT2D eigenvalue weighted by molar-refractivity contribution is -0.145. The van der Waals surface area contributed by atoms with Gasteiger partial charge in [-0.15, -0.1) is 0 Å². The zero-order chi connectivity index (χ0) is 15.0. The van der Waals surface area contributed by atoms with Crippen molar-refractivity contribution in [1.29, 1.82) is 0 Å². The van der Waals surface area contributed by atoms with Gasteiger partial charge in [0.1, 0.15) is 0 Å². The summed E-state index contributed by atoms with van der Waals surface area (Å²) >= 11 is 0. The predicted molar refractivity (Wildman–Crippen MR) is 83.3 cm³/mol. The van der Waals surface area contributed by atoms with Crippen LogP contribution in [0.4, 0.5) is 0 Å². The van der Waals surface area contributed by atoms with Gasteiger partial charge in [-0.2, -0.15) is 0 Å². The molecular formula is C18H23NO2. The highest BCUT2D eigenvalue weighted by Gasteiger charge is 2.41. The van der Waals surface area contributed by atoms with Crippen molar-refractivity contribution in [2.45, 2.75) is 51.9 Å². The van der Waals surface area contributed by atoms with Crippen molar-refractivity contribution in [3.63, 3.8) is 0 Å². The Bertz CT molecular complexity index is 555. The Labute approximate surface area is 126 Å². The zero-order valence-corrected chi connectivity index (χ0v) is 13.0. The van der Waals surface area contributed by atoms with Gasteiger partial charge in [-0.25, -0.2) is 4.79 Å². The van der Waals surface area contributed by atoms with E-state index in [1.54, 1.807) is 0 Å². The smallest absolute Gasteiger partial charge is 0.318 e. The average molecular weight is 285 g/mol. The van der Waals surface area contributed by atoms with Gasteiger partial charge in [0.25, 0.3) is 0 Å². The summed E-state index contributed by atoms with van der Waals surface area (Å²) in [6, 6.07) is 8.89. The van der Waals surface area contributed by atoms with E-state index in [2.05, 4.69) is 43.3 Å². The molecule has 21 heavy (non-hydrogen) atoms. The number of rotatable bonds is 5. The molecule has 3 rings (SSSR count). The summed E-state index contributed by atoms with van der Waals surface area (Å²) in [5, 5.41) is 4.04. The molecular weight excluding hydrogens is 262 g/mol. The molecule has 0 N–H and O–H groups in total. The third-order valence-corrected chi connectivity index (χ3v) is 4.55. The summed E-state index contributed by atoms with van der Waals surface area (Å²) in [5.74, 6) is 1.49. The number of nitrogens with zero attached hydrogens (tertiary/aromatic N) is 1. The molecule has 2 aliphatic carbocycles. The van der Waals surface area contributed by atoms with Crippen LogP contribution in [0, 0.1) is 11.8 Å². The van der Waals surface area contributed by atoms with Gasteiger partial charge in [0.2, 0.25) is 0 Å². The van der Waals surface area contributed by atoms with Crippen LogP contribution in [-0.4, -0.2) is 11.7 Å². The van der Waals surface area contributed by atoms with Crippen molar-refractivity contribution >= 4 is 11.7 Å². The number of hydrogen-bond donors (Lipinski definition) is 0. The molecule has 0 radical (unpaired) electrons. The second kappa shape index (κ2) is 5.63. The molecule has 2 aliphatic rings.